The summed E-state index contributed by atoms with van der Waals surface area (Å²) in [4.78, 5) is 45.9. The number of hydrogen-bond acceptors (Lipinski definition) is 4. The predicted octanol–water partition coefficient (Wildman–Crippen LogP) is 0.0746. The fourth-order valence-electron chi connectivity index (χ4n) is 2.35. The Morgan fingerprint density at radius 1 is 0.714 bits per heavy atom. The van der Waals surface area contributed by atoms with Gasteiger partial charge in [0.1, 0.15) is 0 Å². The number of imide groups is 2. The molecule has 6 nitrogen and oxygen atoms in total. The van der Waals surface area contributed by atoms with Crippen LogP contribution in [-0.2, 0) is 19.2 Å². The first kappa shape index (κ1) is 13.0. The Labute approximate surface area is 119 Å². The Bertz CT molecular complexity index is 725. The third-order valence-electron chi connectivity index (χ3n) is 3.21. The van der Waals surface area contributed by atoms with Crippen molar-refractivity contribution in [1.82, 2.24) is 10.6 Å². The first-order valence-corrected chi connectivity index (χ1v) is 6.20. The molecule has 2 N–H and O–H groups in total. The van der Waals surface area contributed by atoms with E-state index in [9.17, 15) is 19.2 Å². The molecule has 0 saturated heterocycles. The molecule has 1 aromatic carbocycles. The van der Waals surface area contributed by atoms with Gasteiger partial charge in [0.05, 0.1) is 11.1 Å². The summed E-state index contributed by atoms with van der Waals surface area (Å²) >= 11 is 0. The molecule has 0 unspecified atom stereocenters. The lowest BCUT2D eigenvalue weighted by Gasteiger charge is -2.07. The SMILES string of the molecule is Cc1cc(C2=CC(=O)NC2=O)cc(C2=CC(=O)NC2=O)c1. The van der Waals surface area contributed by atoms with Crippen LogP contribution in [0.4, 0.5) is 0 Å². The van der Waals surface area contributed by atoms with Crippen molar-refractivity contribution in [1.29, 1.82) is 0 Å². The third-order valence-corrected chi connectivity index (χ3v) is 3.21. The second-order valence-corrected chi connectivity index (χ2v) is 4.84. The van der Waals surface area contributed by atoms with Gasteiger partial charge in [0.25, 0.3) is 23.6 Å². The van der Waals surface area contributed by atoms with Crippen LogP contribution in [0.5, 0.6) is 0 Å². The first-order chi connectivity index (χ1) is 9.94. The number of hydrogen-bond donors (Lipinski definition) is 2. The summed E-state index contributed by atoms with van der Waals surface area (Å²) in [6.07, 6.45) is 2.43. The van der Waals surface area contributed by atoms with Crippen molar-refractivity contribution in [2.45, 2.75) is 6.92 Å². The van der Waals surface area contributed by atoms with Crippen LogP contribution in [0, 0.1) is 6.92 Å². The molecule has 104 valence electrons. The third kappa shape index (κ3) is 2.27. The summed E-state index contributed by atoms with van der Waals surface area (Å²) in [6.45, 7) is 1.80. The largest absolute Gasteiger partial charge is 0.289 e. The Kier molecular flexibility index (Phi) is 2.79. The van der Waals surface area contributed by atoms with Crippen molar-refractivity contribution in [3.05, 3.63) is 47.0 Å². The maximum Gasteiger partial charge on any atom is 0.258 e. The number of carbonyl (C=O) groups is 4. The maximum atomic E-state index is 11.7. The standard InChI is InChI=1S/C15H10N2O4/c1-7-2-8(10-5-12(18)16-14(10)20)4-9(3-7)11-6-13(19)17-15(11)21/h2-6H,1H3,(H,16,18,20)(H,17,19,21). The van der Waals surface area contributed by atoms with E-state index in [2.05, 4.69) is 10.6 Å². The van der Waals surface area contributed by atoms with Crippen molar-refractivity contribution in [3.8, 4) is 0 Å². The predicted molar refractivity (Wildman–Crippen MR) is 73.4 cm³/mol. The average Bonchev–Trinajstić information content (AvgIpc) is 2.90. The molecule has 0 spiro atoms. The average molecular weight is 282 g/mol. The molecular weight excluding hydrogens is 272 g/mol. The number of aryl methyl sites for hydroxylation is 1. The lowest BCUT2D eigenvalue weighted by molar-refractivity contribution is -0.124. The van der Waals surface area contributed by atoms with E-state index in [4.69, 9.17) is 0 Å². The van der Waals surface area contributed by atoms with E-state index in [1.807, 2.05) is 0 Å². The highest BCUT2D eigenvalue weighted by atomic mass is 16.2. The maximum absolute atomic E-state index is 11.7. The van der Waals surface area contributed by atoms with Gasteiger partial charge in [0.15, 0.2) is 0 Å². The van der Waals surface area contributed by atoms with Crippen molar-refractivity contribution in [2.75, 3.05) is 0 Å². The van der Waals surface area contributed by atoms with E-state index in [1.165, 1.54) is 12.2 Å². The highest BCUT2D eigenvalue weighted by Gasteiger charge is 2.25. The summed E-state index contributed by atoms with van der Waals surface area (Å²) in [7, 11) is 0. The number of benzene rings is 1. The quantitative estimate of drug-likeness (QED) is 0.751. The molecule has 2 aliphatic heterocycles. The van der Waals surface area contributed by atoms with E-state index in [1.54, 1.807) is 25.1 Å². The molecule has 4 amide bonds. The number of amides is 4. The molecule has 0 bridgehead atoms. The van der Waals surface area contributed by atoms with Gasteiger partial charge in [-0.1, -0.05) is 12.1 Å². The number of nitrogens with one attached hydrogen (secondary N) is 2. The van der Waals surface area contributed by atoms with Crippen LogP contribution in [0.1, 0.15) is 16.7 Å². The van der Waals surface area contributed by atoms with Gasteiger partial charge in [-0.3, -0.25) is 29.8 Å². The topological polar surface area (TPSA) is 92.3 Å². The molecule has 6 heteroatoms. The van der Waals surface area contributed by atoms with Crippen LogP contribution in [0.15, 0.2) is 30.4 Å². The van der Waals surface area contributed by atoms with Gasteiger partial charge in [-0.15, -0.1) is 0 Å². The van der Waals surface area contributed by atoms with Crippen molar-refractivity contribution >= 4 is 34.8 Å². The molecule has 0 atom stereocenters. The highest BCUT2D eigenvalue weighted by molar-refractivity contribution is 6.35. The second-order valence-electron chi connectivity index (χ2n) is 4.84. The number of carbonyl (C=O) groups excluding carboxylic acids is 4. The summed E-state index contributed by atoms with van der Waals surface area (Å²) in [5.41, 5.74) is 2.36. The molecule has 1 aromatic rings. The van der Waals surface area contributed by atoms with E-state index in [0.29, 0.717) is 11.1 Å². The fraction of sp³-hybridized carbons (Fsp3) is 0.0667. The zero-order valence-electron chi connectivity index (χ0n) is 11.0. The van der Waals surface area contributed by atoms with Crippen LogP contribution >= 0.6 is 0 Å². The van der Waals surface area contributed by atoms with Gasteiger partial charge < -0.3 is 0 Å². The van der Waals surface area contributed by atoms with Gasteiger partial charge in [0.2, 0.25) is 0 Å². The Morgan fingerprint density at radius 2 is 1.14 bits per heavy atom. The minimum atomic E-state index is -0.475. The van der Waals surface area contributed by atoms with Crippen LogP contribution in [0.3, 0.4) is 0 Å². The summed E-state index contributed by atoms with van der Waals surface area (Å²) in [5.74, 6) is -1.88. The van der Waals surface area contributed by atoms with Crippen LogP contribution in [0.2, 0.25) is 0 Å². The monoisotopic (exact) mass is 282 g/mol. The molecule has 0 aromatic heterocycles. The first-order valence-electron chi connectivity index (χ1n) is 6.20. The van der Waals surface area contributed by atoms with Crippen LogP contribution in [-0.4, -0.2) is 23.6 Å². The molecule has 2 heterocycles. The molecular formula is C15H10N2O4. The van der Waals surface area contributed by atoms with Gasteiger partial charge in [0, 0.05) is 12.2 Å². The molecule has 0 saturated carbocycles. The van der Waals surface area contributed by atoms with Crippen LogP contribution < -0.4 is 10.6 Å². The summed E-state index contributed by atoms with van der Waals surface area (Å²) in [5, 5.41) is 4.34. The molecule has 21 heavy (non-hydrogen) atoms. The Morgan fingerprint density at radius 3 is 1.48 bits per heavy atom. The fourth-order valence-corrected chi connectivity index (χ4v) is 2.35. The molecule has 0 radical (unpaired) electrons. The van der Waals surface area contributed by atoms with Gasteiger partial charge in [-0.05, 0) is 29.7 Å². The van der Waals surface area contributed by atoms with Crippen molar-refractivity contribution < 1.29 is 19.2 Å². The molecule has 0 aliphatic carbocycles. The normalized spacial score (nSPS) is 17.6. The summed E-state index contributed by atoms with van der Waals surface area (Å²) in [6, 6.07) is 5.09. The molecule has 2 aliphatic rings. The van der Waals surface area contributed by atoms with E-state index < -0.39 is 23.6 Å². The minimum Gasteiger partial charge on any atom is -0.289 e. The minimum absolute atomic E-state index is 0.246. The number of rotatable bonds is 2. The Hall–Kier alpha value is -3.02. The van der Waals surface area contributed by atoms with E-state index >= 15 is 0 Å². The van der Waals surface area contributed by atoms with Gasteiger partial charge >= 0.3 is 0 Å². The van der Waals surface area contributed by atoms with Gasteiger partial charge in [-0.2, -0.15) is 0 Å². The summed E-state index contributed by atoms with van der Waals surface area (Å²) < 4.78 is 0. The van der Waals surface area contributed by atoms with Crippen LogP contribution in [0.25, 0.3) is 11.1 Å². The lowest BCUT2D eigenvalue weighted by Crippen LogP contribution is -2.22. The molecule has 3 rings (SSSR count). The Balaban J connectivity index is 2.10. The van der Waals surface area contributed by atoms with Gasteiger partial charge in [-0.25, -0.2) is 0 Å². The zero-order valence-corrected chi connectivity index (χ0v) is 11.0. The lowest BCUT2D eigenvalue weighted by atomic mass is 9.96. The molecule has 0 fully saturated rings. The zero-order chi connectivity index (χ0) is 15.1. The van der Waals surface area contributed by atoms with E-state index in [-0.39, 0.29) is 11.1 Å². The van der Waals surface area contributed by atoms with E-state index in [0.717, 1.165) is 5.56 Å². The van der Waals surface area contributed by atoms with Crippen molar-refractivity contribution in [2.24, 2.45) is 0 Å². The van der Waals surface area contributed by atoms with Crippen molar-refractivity contribution in [3.63, 3.8) is 0 Å². The highest BCUT2D eigenvalue weighted by Crippen LogP contribution is 2.26. The smallest absolute Gasteiger partial charge is 0.258 e. The second kappa shape index (κ2) is 4.52.